The molecule has 1 heterocycles. The summed E-state index contributed by atoms with van der Waals surface area (Å²) >= 11 is 0. The molecule has 5 heteroatoms. The van der Waals surface area contributed by atoms with E-state index < -0.39 is 0 Å². The van der Waals surface area contributed by atoms with Crippen molar-refractivity contribution >= 4 is 11.9 Å². The van der Waals surface area contributed by atoms with Crippen molar-refractivity contribution in [1.82, 2.24) is 14.7 Å². The van der Waals surface area contributed by atoms with Gasteiger partial charge >= 0.3 is 6.03 Å². The summed E-state index contributed by atoms with van der Waals surface area (Å²) in [7, 11) is 3.50. The lowest BCUT2D eigenvalue weighted by Gasteiger charge is -2.35. The lowest BCUT2D eigenvalue weighted by molar-refractivity contribution is -0.136. The van der Waals surface area contributed by atoms with Crippen LogP contribution in [0.1, 0.15) is 26.7 Å². The van der Waals surface area contributed by atoms with Gasteiger partial charge in [0.2, 0.25) is 5.91 Å². The molecule has 3 amide bonds. The Balaban J connectivity index is 2.63. The number of hydrogen-bond donors (Lipinski definition) is 0. The molecule has 1 unspecified atom stereocenters. The van der Waals surface area contributed by atoms with Gasteiger partial charge in [-0.15, -0.1) is 0 Å². The molecule has 0 aromatic rings. The highest BCUT2D eigenvalue weighted by Crippen LogP contribution is 2.19. The fraction of sp³-hybridized carbons (Fsp3) is 0.846. The smallest absolute Gasteiger partial charge is 0.319 e. The Kier molecular flexibility index (Phi) is 5.44. The number of likely N-dealkylation sites (tertiary alicyclic amines) is 1. The van der Waals surface area contributed by atoms with Gasteiger partial charge in [0.1, 0.15) is 0 Å². The maximum atomic E-state index is 12.3. The van der Waals surface area contributed by atoms with Crippen molar-refractivity contribution in [1.29, 1.82) is 0 Å². The highest BCUT2D eigenvalue weighted by molar-refractivity contribution is 5.80. The van der Waals surface area contributed by atoms with Gasteiger partial charge in [-0.3, -0.25) is 4.79 Å². The molecule has 0 aromatic carbocycles. The van der Waals surface area contributed by atoms with Crippen molar-refractivity contribution in [2.75, 3.05) is 40.3 Å². The summed E-state index contributed by atoms with van der Waals surface area (Å²) in [6.45, 7) is 6.80. The molecule has 1 rings (SSSR count). The molecule has 104 valence electrons. The van der Waals surface area contributed by atoms with E-state index in [1.54, 1.807) is 23.9 Å². The van der Waals surface area contributed by atoms with Crippen molar-refractivity contribution in [3.8, 4) is 0 Å². The predicted molar refractivity (Wildman–Crippen MR) is 71.3 cm³/mol. The molecule has 0 aromatic heterocycles. The van der Waals surface area contributed by atoms with E-state index in [1.807, 2.05) is 18.7 Å². The molecule has 1 saturated heterocycles. The van der Waals surface area contributed by atoms with Gasteiger partial charge in [-0.25, -0.2) is 4.79 Å². The molecule has 1 fully saturated rings. The fourth-order valence-corrected chi connectivity index (χ4v) is 2.43. The standard InChI is InChI=1S/C13H25N3O2/c1-5-15(6-2)12(17)11-8-7-9-16(10-11)13(18)14(3)4/h11H,5-10H2,1-4H3. The number of rotatable bonds is 3. The van der Waals surface area contributed by atoms with Gasteiger partial charge in [0.15, 0.2) is 0 Å². The summed E-state index contributed by atoms with van der Waals surface area (Å²) < 4.78 is 0. The third-order valence-electron chi connectivity index (χ3n) is 3.50. The lowest BCUT2D eigenvalue weighted by atomic mass is 9.96. The lowest BCUT2D eigenvalue weighted by Crippen LogP contribution is -2.49. The average Bonchev–Trinajstić information content (AvgIpc) is 2.39. The van der Waals surface area contributed by atoms with Crippen LogP contribution in [0.4, 0.5) is 4.79 Å². The number of urea groups is 1. The zero-order chi connectivity index (χ0) is 13.7. The molecule has 18 heavy (non-hydrogen) atoms. The maximum Gasteiger partial charge on any atom is 0.319 e. The molecule has 0 saturated carbocycles. The second kappa shape index (κ2) is 6.61. The fourth-order valence-electron chi connectivity index (χ4n) is 2.43. The molecule has 1 aliphatic heterocycles. The van der Waals surface area contributed by atoms with Crippen LogP contribution in [0.2, 0.25) is 0 Å². The van der Waals surface area contributed by atoms with Crippen molar-refractivity contribution in [2.24, 2.45) is 5.92 Å². The zero-order valence-electron chi connectivity index (χ0n) is 12.0. The molecule has 5 nitrogen and oxygen atoms in total. The van der Waals surface area contributed by atoms with Crippen LogP contribution in [0.3, 0.4) is 0 Å². The largest absolute Gasteiger partial charge is 0.343 e. The van der Waals surface area contributed by atoms with Crippen LogP contribution < -0.4 is 0 Å². The maximum absolute atomic E-state index is 12.3. The van der Waals surface area contributed by atoms with Crippen molar-refractivity contribution < 1.29 is 9.59 Å². The topological polar surface area (TPSA) is 43.9 Å². The van der Waals surface area contributed by atoms with Crippen LogP contribution in [0, 0.1) is 5.92 Å². The third kappa shape index (κ3) is 3.37. The number of amides is 3. The van der Waals surface area contributed by atoms with Crippen LogP contribution in [0.15, 0.2) is 0 Å². The van der Waals surface area contributed by atoms with Crippen LogP contribution in [-0.4, -0.2) is 66.9 Å². The first-order chi connectivity index (χ1) is 8.51. The van der Waals surface area contributed by atoms with E-state index in [9.17, 15) is 9.59 Å². The van der Waals surface area contributed by atoms with E-state index in [-0.39, 0.29) is 17.9 Å². The minimum Gasteiger partial charge on any atom is -0.343 e. The summed E-state index contributed by atoms with van der Waals surface area (Å²) in [6, 6.07) is 0.00652. The van der Waals surface area contributed by atoms with E-state index in [4.69, 9.17) is 0 Å². The van der Waals surface area contributed by atoms with Crippen LogP contribution in [0.5, 0.6) is 0 Å². The Hall–Kier alpha value is -1.26. The van der Waals surface area contributed by atoms with E-state index in [2.05, 4.69) is 0 Å². The minimum absolute atomic E-state index is 0.00652. The SMILES string of the molecule is CCN(CC)C(=O)C1CCCN(C(=O)N(C)C)C1. The van der Waals surface area contributed by atoms with Gasteiger partial charge in [-0.1, -0.05) is 0 Å². The van der Waals surface area contributed by atoms with Gasteiger partial charge < -0.3 is 14.7 Å². The van der Waals surface area contributed by atoms with Gasteiger partial charge in [-0.2, -0.15) is 0 Å². The van der Waals surface area contributed by atoms with E-state index >= 15 is 0 Å². The second-order valence-corrected chi connectivity index (χ2v) is 4.97. The van der Waals surface area contributed by atoms with Crippen LogP contribution in [0.25, 0.3) is 0 Å². The first-order valence-corrected chi connectivity index (χ1v) is 6.76. The Labute approximate surface area is 110 Å². The molecular weight excluding hydrogens is 230 g/mol. The quantitative estimate of drug-likeness (QED) is 0.762. The predicted octanol–water partition coefficient (Wildman–Crippen LogP) is 1.25. The average molecular weight is 255 g/mol. The minimum atomic E-state index is -0.0254. The van der Waals surface area contributed by atoms with Crippen molar-refractivity contribution in [2.45, 2.75) is 26.7 Å². The number of carbonyl (C=O) groups excluding carboxylic acids is 2. The monoisotopic (exact) mass is 255 g/mol. The first kappa shape index (κ1) is 14.8. The van der Waals surface area contributed by atoms with Crippen molar-refractivity contribution in [3.63, 3.8) is 0 Å². The zero-order valence-corrected chi connectivity index (χ0v) is 12.0. The molecule has 0 spiro atoms. The third-order valence-corrected chi connectivity index (χ3v) is 3.50. The Bertz CT molecular complexity index is 301. The number of piperidine rings is 1. The van der Waals surface area contributed by atoms with Crippen LogP contribution >= 0.6 is 0 Å². The molecule has 0 bridgehead atoms. The molecule has 1 aliphatic rings. The highest BCUT2D eigenvalue weighted by atomic mass is 16.2. The van der Waals surface area contributed by atoms with Gasteiger partial charge in [0.25, 0.3) is 0 Å². The normalized spacial score (nSPS) is 19.6. The number of hydrogen-bond acceptors (Lipinski definition) is 2. The summed E-state index contributed by atoms with van der Waals surface area (Å²) in [5, 5.41) is 0. The second-order valence-electron chi connectivity index (χ2n) is 4.97. The molecular formula is C13H25N3O2. The Morgan fingerprint density at radius 1 is 1.22 bits per heavy atom. The van der Waals surface area contributed by atoms with Gasteiger partial charge in [0, 0.05) is 40.3 Å². The molecule has 0 aliphatic carbocycles. The van der Waals surface area contributed by atoms with Gasteiger partial charge in [-0.05, 0) is 26.7 Å². The summed E-state index contributed by atoms with van der Waals surface area (Å²) in [4.78, 5) is 29.4. The molecule has 0 N–H and O–H groups in total. The summed E-state index contributed by atoms with van der Waals surface area (Å²) in [5.41, 5.74) is 0. The van der Waals surface area contributed by atoms with Crippen LogP contribution in [-0.2, 0) is 4.79 Å². The first-order valence-electron chi connectivity index (χ1n) is 6.76. The Morgan fingerprint density at radius 2 is 1.83 bits per heavy atom. The van der Waals surface area contributed by atoms with E-state index in [0.29, 0.717) is 6.54 Å². The number of nitrogens with zero attached hydrogens (tertiary/aromatic N) is 3. The molecule has 1 atom stereocenters. The molecule has 0 radical (unpaired) electrons. The summed E-state index contributed by atoms with van der Waals surface area (Å²) in [5.74, 6) is 0.166. The van der Waals surface area contributed by atoms with Crippen molar-refractivity contribution in [3.05, 3.63) is 0 Å². The Morgan fingerprint density at radius 3 is 2.33 bits per heavy atom. The highest BCUT2D eigenvalue weighted by Gasteiger charge is 2.30. The summed E-state index contributed by atoms with van der Waals surface area (Å²) in [6.07, 6.45) is 1.81. The van der Waals surface area contributed by atoms with E-state index in [1.165, 1.54) is 0 Å². The van der Waals surface area contributed by atoms with E-state index in [0.717, 1.165) is 32.5 Å². The number of carbonyl (C=O) groups is 2. The van der Waals surface area contributed by atoms with Gasteiger partial charge in [0.05, 0.1) is 5.92 Å².